The molecule has 0 atom stereocenters. The van der Waals surface area contributed by atoms with Gasteiger partial charge in [-0.3, -0.25) is 18.7 Å². The Labute approximate surface area is 138 Å². The monoisotopic (exact) mass is 335 g/mol. The van der Waals surface area contributed by atoms with E-state index in [2.05, 4.69) is 0 Å². The number of nitrogen functional groups attached to an aromatic ring is 1. The van der Waals surface area contributed by atoms with E-state index in [0.29, 0.717) is 6.42 Å². The van der Waals surface area contributed by atoms with Gasteiger partial charge < -0.3 is 10.5 Å². The zero-order chi connectivity index (χ0) is 18.3. The van der Waals surface area contributed by atoms with Crippen LogP contribution in [0.15, 0.2) is 33.9 Å². The minimum atomic E-state index is -0.810. The van der Waals surface area contributed by atoms with E-state index >= 15 is 0 Å². The Morgan fingerprint density at radius 1 is 1.25 bits per heavy atom. The molecule has 0 aliphatic rings. The molecule has 1 aromatic rings. The van der Waals surface area contributed by atoms with Gasteiger partial charge in [0, 0.05) is 19.7 Å². The van der Waals surface area contributed by atoms with Crippen molar-refractivity contribution in [3.8, 4) is 0 Å². The van der Waals surface area contributed by atoms with Crippen molar-refractivity contribution >= 4 is 17.6 Å². The Morgan fingerprint density at radius 2 is 1.92 bits per heavy atom. The SMILES string of the molecule is CC=CC=CC(=O)OCC(=O)c1c(N)n(CCC)c(=O)n(C)c1=O. The fourth-order valence-corrected chi connectivity index (χ4v) is 1.99. The molecule has 2 N–H and O–H groups in total. The van der Waals surface area contributed by atoms with E-state index in [9.17, 15) is 19.2 Å². The lowest BCUT2D eigenvalue weighted by molar-refractivity contribution is -0.136. The summed E-state index contributed by atoms with van der Waals surface area (Å²) in [5, 5.41) is 0. The zero-order valence-corrected chi connectivity index (χ0v) is 13.9. The van der Waals surface area contributed by atoms with Crippen molar-refractivity contribution < 1.29 is 14.3 Å². The number of nitrogens with zero attached hydrogens (tertiary/aromatic N) is 2. The van der Waals surface area contributed by atoms with Gasteiger partial charge in [0.25, 0.3) is 5.56 Å². The number of hydrogen-bond donors (Lipinski definition) is 1. The number of allylic oxidation sites excluding steroid dienone is 3. The van der Waals surface area contributed by atoms with E-state index in [-0.39, 0.29) is 17.9 Å². The van der Waals surface area contributed by atoms with Crippen LogP contribution in [0.4, 0.5) is 5.82 Å². The lowest BCUT2D eigenvalue weighted by atomic mass is 10.2. The van der Waals surface area contributed by atoms with Crippen LogP contribution in [-0.4, -0.2) is 27.5 Å². The molecule has 0 bridgehead atoms. The number of Topliss-reactive ketones (excluding diaryl/α,β-unsaturated/α-hetero) is 1. The van der Waals surface area contributed by atoms with Gasteiger partial charge >= 0.3 is 11.7 Å². The minimum absolute atomic E-state index is 0.213. The van der Waals surface area contributed by atoms with E-state index in [0.717, 1.165) is 15.2 Å². The molecule has 1 aromatic heterocycles. The number of aromatic nitrogens is 2. The highest BCUT2D eigenvalue weighted by molar-refractivity contribution is 6.01. The molecule has 0 saturated carbocycles. The number of ketones is 1. The number of nitrogens with two attached hydrogens (primary N) is 1. The molecule has 0 fully saturated rings. The van der Waals surface area contributed by atoms with Crippen molar-refractivity contribution in [2.75, 3.05) is 12.3 Å². The smallest absolute Gasteiger partial charge is 0.332 e. The van der Waals surface area contributed by atoms with Crippen LogP contribution >= 0.6 is 0 Å². The number of carbonyl (C=O) groups excluding carboxylic acids is 2. The summed E-state index contributed by atoms with van der Waals surface area (Å²) in [4.78, 5) is 47.8. The van der Waals surface area contributed by atoms with Crippen LogP contribution in [0.2, 0.25) is 0 Å². The number of carbonyl (C=O) groups is 2. The van der Waals surface area contributed by atoms with Gasteiger partial charge in [0.05, 0.1) is 0 Å². The molecular formula is C16H21N3O5. The van der Waals surface area contributed by atoms with Crippen LogP contribution in [0.3, 0.4) is 0 Å². The second-order valence-electron chi connectivity index (χ2n) is 4.97. The molecule has 0 aromatic carbocycles. The molecule has 8 nitrogen and oxygen atoms in total. The predicted octanol–water partition coefficient (Wildman–Crippen LogP) is 0.397. The summed E-state index contributed by atoms with van der Waals surface area (Å²) in [6.07, 6.45) is 6.54. The van der Waals surface area contributed by atoms with Crippen LogP contribution < -0.4 is 17.0 Å². The maximum Gasteiger partial charge on any atom is 0.332 e. The number of anilines is 1. The van der Waals surface area contributed by atoms with Gasteiger partial charge in [-0.25, -0.2) is 9.59 Å². The second kappa shape index (κ2) is 8.66. The number of rotatable bonds is 7. The molecule has 24 heavy (non-hydrogen) atoms. The summed E-state index contributed by atoms with van der Waals surface area (Å²) in [5.74, 6) is -1.69. The van der Waals surface area contributed by atoms with Crippen molar-refractivity contribution in [2.45, 2.75) is 26.8 Å². The Kier molecular flexibility index (Phi) is 6.91. The lowest BCUT2D eigenvalue weighted by Gasteiger charge is -2.13. The molecule has 1 rings (SSSR count). The van der Waals surface area contributed by atoms with Crippen LogP contribution in [0, 0.1) is 0 Å². The third kappa shape index (κ3) is 4.31. The van der Waals surface area contributed by atoms with Gasteiger partial charge in [0.1, 0.15) is 11.4 Å². The Bertz CT molecular complexity index is 799. The van der Waals surface area contributed by atoms with Crippen LogP contribution in [0.5, 0.6) is 0 Å². The second-order valence-corrected chi connectivity index (χ2v) is 4.97. The molecule has 0 radical (unpaired) electrons. The third-order valence-corrected chi connectivity index (χ3v) is 3.19. The standard InChI is InChI=1S/C16H21N3O5/c1-4-6-7-8-12(21)24-10-11(20)13-14(17)19(9-5-2)16(23)18(3)15(13)22/h4,6-8H,5,9-10,17H2,1-3H3. The summed E-state index contributed by atoms with van der Waals surface area (Å²) < 4.78 is 6.75. The fourth-order valence-electron chi connectivity index (χ4n) is 1.99. The van der Waals surface area contributed by atoms with E-state index in [1.807, 2.05) is 6.92 Å². The van der Waals surface area contributed by atoms with E-state index < -0.39 is 29.6 Å². The van der Waals surface area contributed by atoms with E-state index in [1.54, 1.807) is 19.1 Å². The van der Waals surface area contributed by atoms with Crippen LogP contribution in [0.25, 0.3) is 0 Å². The van der Waals surface area contributed by atoms with Gasteiger partial charge in [0.2, 0.25) is 5.78 Å². The van der Waals surface area contributed by atoms with Crippen molar-refractivity contribution in [1.82, 2.24) is 9.13 Å². The first-order chi connectivity index (χ1) is 11.3. The van der Waals surface area contributed by atoms with Gasteiger partial charge in [-0.2, -0.15) is 0 Å². The summed E-state index contributed by atoms with van der Waals surface area (Å²) in [6.45, 7) is 3.24. The normalized spacial score (nSPS) is 11.3. The first kappa shape index (κ1) is 19.1. The fraction of sp³-hybridized carbons (Fsp3) is 0.375. The van der Waals surface area contributed by atoms with Crippen molar-refractivity contribution in [3.05, 3.63) is 50.7 Å². The van der Waals surface area contributed by atoms with Gasteiger partial charge in [-0.1, -0.05) is 25.2 Å². The first-order valence-corrected chi connectivity index (χ1v) is 7.43. The maximum atomic E-state index is 12.2. The molecule has 1 heterocycles. The number of esters is 1. The molecule has 0 amide bonds. The highest BCUT2D eigenvalue weighted by Crippen LogP contribution is 2.07. The summed E-state index contributed by atoms with van der Waals surface area (Å²) >= 11 is 0. The van der Waals surface area contributed by atoms with Gasteiger partial charge in [-0.05, 0) is 13.3 Å². The Morgan fingerprint density at radius 3 is 2.50 bits per heavy atom. The van der Waals surface area contributed by atoms with Gasteiger partial charge in [-0.15, -0.1) is 0 Å². The van der Waals surface area contributed by atoms with Crippen molar-refractivity contribution in [2.24, 2.45) is 7.05 Å². The van der Waals surface area contributed by atoms with Gasteiger partial charge in [0.15, 0.2) is 6.61 Å². The first-order valence-electron chi connectivity index (χ1n) is 7.43. The maximum absolute atomic E-state index is 12.2. The number of ether oxygens (including phenoxy) is 1. The largest absolute Gasteiger partial charge is 0.454 e. The summed E-state index contributed by atoms with van der Waals surface area (Å²) in [5.41, 5.74) is 4.05. The van der Waals surface area contributed by atoms with Crippen LogP contribution in [0.1, 0.15) is 30.6 Å². The Balaban J connectivity index is 3.09. The highest BCUT2D eigenvalue weighted by atomic mass is 16.5. The molecule has 130 valence electrons. The molecule has 0 aliphatic carbocycles. The Hall–Kier alpha value is -2.90. The summed E-state index contributed by atoms with van der Waals surface area (Å²) in [7, 11) is 1.26. The molecule has 0 spiro atoms. The average Bonchev–Trinajstić information content (AvgIpc) is 2.55. The van der Waals surface area contributed by atoms with E-state index in [4.69, 9.17) is 10.5 Å². The van der Waals surface area contributed by atoms with Crippen molar-refractivity contribution in [1.29, 1.82) is 0 Å². The molecular weight excluding hydrogens is 314 g/mol. The zero-order valence-electron chi connectivity index (χ0n) is 13.9. The molecule has 8 heteroatoms. The number of hydrogen-bond acceptors (Lipinski definition) is 6. The molecule has 0 saturated heterocycles. The topological polar surface area (TPSA) is 113 Å². The summed E-state index contributed by atoms with van der Waals surface area (Å²) in [6, 6.07) is 0. The lowest BCUT2D eigenvalue weighted by Crippen LogP contribution is -2.43. The van der Waals surface area contributed by atoms with Crippen LogP contribution in [-0.2, 0) is 23.1 Å². The van der Waals surface area contributed by atoms with E-state index in [1.165, 1.54) is 13.1 Å². The molecule has 0 aliphatic heterocycles. The third-order valence-electron chi connectivity index (χ3n) is 3.19. The minimum Gasteiger partial charge on any atom is -0.454 e. The predicted molar refractivity (Wildman–Crippen MR) is 89.9 cm³/mol. The average molecular weight is 335 g/mol. The van der Waals surface area contributed by atoms with Crippen molar-refractivity contribution in [3.63, 3.8) is 0 Å². The molecule has 0 unspecified atom stereocenters. The quantitative estimate of drug-likeness (QED) is 0.334. The highest BCUT2D eigenvalue weighted by Gasteiger charge is 2.21.